The summed E-state index contributed by atoms with van der Waals surface area (Å²) in [6.45, 7) is 6.41. The highest BCUT2D eigenvalue weighted by molar-refractivity contribution is 7.17. The van der Waals surface area contributed by atoms with Crippen LogP contribution in [0.5, 0.6) is 5.75 Å². The van der Waals surface area contributed by atoms with Gasteiger partial charge in [0.05, 0.1) is 17.3 Å². The molecule has 6 heteroatoms. The molecule has 0 unspecified atom stereocenters. The Balaban J connectivity index is 2.27. The third kappa shape index (κ3) is 3.74. The summed E-state index contributed by atoms with van der Waals surface area (Å²) < 4.78 is 5.61. The number of carboxylic acid groups (broad SMARTS) is 1. The second kappa shape index (κ2) is 6.45. The Morgan fingerprint density at radius 3 is 2.71 bits per heavy atom. The lowest BCUT2D eigenvalue weighted by Crippen LogP contribution is -2.04. The van der Waals surface area contributed by atoms with Gasteiger partial charge in [-0.25, -0.2) is 9.78 Å². The number of nitrogens with zero attached hydrogens (tertiary/aromatic N) is 1. The first-order valence-electron chi connectivity index (χ1n) is 6.52. The molecule has 0 bridgehead atoms. The number of thiazole rings is 1. The largest absolute Gasteiger partial charge is 0.492 e. The van der Waals surface area contributed by atoms with Crippen LogP contribution in [-0.4, -0.2) is 22.7 Å². The predicted octanol–water partition coefficient (Wildman–Crippen LogP) is 4.50. The van der Waals surface area contributed by atoms with Crippen molar-refractivity contribution in [2.75, 3.05) is 6.61 Å². The quantitative estimate of drug-likeness (QED) is 0.879. The summed E-state index contributed by atoms with van der Waals surface area (Å²) in [4.78, 5) is 15.6. The van der Waals surface area contributed by atoms with Gasteiger partial charge in [-0.15, -0.1) is 11.3 Å². The summed E-state index contributed by atoms with van der Waals surface area (Å²) in [6, 6.07) is 5.38. The van der Waals surface area contributed by atoms with Gasteiger partial charge in [0, 0.05) is 5.56 Å². The molecule has 1 aromatic carbocycles. The topological polar surface area (TPSA) is 59.4 Å². The van der Waals surface area contributed by atoms with E-state index in [0.717, 1.165) is 16.9 Å². The summed E-state index contributed by atoms with van der Waals surface area (Å²) in [7, 11) is 0. The van der Waals surface area contributed by atoms with Gasteiger partial charge < -0.3 is 9.84 Å². The molecule has 0 aliphatic heterocycles. The first kappa shape index (κ1) is 15.8. The molecule has 0 amide bonds. The minimum absolute atomic E-state index is 0.251. The van der Waals surface area contributed by atoms with Crippen LogP contribution in [-0.2, 0) is 0 Å². The number of ether oxygens (including phenoxy) is 1. The van der Waals surface area contributed by atoms with Crippen LogP contribution in [0.15, 0.2) is 18.2 Å². The Labute approximate surface area is 132 Å². The number of halogens is 1. The van der Waals surface area contributed by atoms with E-state index in [1.807, 2.05) is 6.07 Å². The number of hydrogen-bond donors (Lipinski definition) is 1. The maximum Gasteiger partial charge on any atom is 0.347 e. The number of rotatable bonds is 5. The third-order valence-corrected chi connectivity index (χ3v) is 4.23. The average Bonchev–Trinajstić information content (AvgIpc) is 2.79. The Morgan fingerprint density at radius 2 is 2.19 bits per heavy atom. The zero-order valence-electron chi connectivity index (χ0n) is 12.0. The minimum atomic E-state index is -0.959. The summed E-state index contributed by atoms with van der Waals surface area (Å²) in [6.07, 6.45) is 0. The molecule has 0 aliphatic carbocycles. The average molecular weight is 326 g/mol. The molecule has 4 nitrogen and oxygen atoms in total. The van der Waals surface area contributed by atoms with Crippen LogP contribution >= 0.6 is 22.9 Å². The van der Waals surface area contributed by atoms with Gasteiger partial charge in [0.2, 0.25) is 0 Å². The van der Waals surface area contributed by atoms with Gasteiger partial charge in [0.15, 0.2) is 0 Å². The molecule has 0 spiro atoms. The lowest BCUT2D eigenvalue weighted by atomic mass is 10.2. The molecular formula is C15H16ClNO3S. The van der Waals surface area contributed by atoms with Crippen molar-refractivity contribution in [1.82, 2.24) is 4.98 Å². The van der Waals surface area contributed by atoms with E-state index in [-0.39, 0.29) is 4.88 Å². The van der Waals surface area contributed by atoms with Gasteiger partial charge in [-0.1, -0.05) is 25.4 Å². The van der Waals surface area contributed by atoms with E-state index < -0.39 is 5.97 Å². The van der Waals surface area contributed by atoms with Crippen LogP contribution in [0.3, 0.4) is 0 Å². The van der Waals surface area contributed by atoms with Crippen molar-refractivity contribution in [1.29, 1.82) is 0 Å². The Morgan fingerprint density at radius 1 is 1.48 bits per heavy atom. The van der Waals surface area contributed by atoms with Crippen molar-refractivity contribution in [3.63, 3.8) is 0 Å². The van der Waals surface area contributed by atoms with Crippen molar-refractivity contribution in [2.45, 2.75) is 20.8 Å². The molecule has 0 saturated heterocycles. The zero-order valence-corrected chi connectivity index (χ0v) is 13.6. The second-order valence-electron chi connectivity index (χ2n) is 5.09. The van der Waals surface area contributed by atoms with Crippen LogP contribution in [0.25, 0.3) is 10.6 Å². The van der Waals surface area contributed by atoms with Gasteiger partial charge in [0.1, 0.15) is 15.6 Å². The summed E-state index contributed by atoms with van der Waals surface area (Å²) >= 11 is 7.35. The molecule has 21 heavy (non-hydrogen) atoms. The molecule has 0 atom stereocenters. The number of hydrogen-bond acceptors (Lipinski definition) is 4. The van der Waals surface area contributed by atoms with Crippen LogP contribution in [0.4, 0.5) is 0 Å². The number of carboxylic acids is 1. The number of aromatic carboxylic acids is 1. The van der Waals surface area contributed by atoms with Crippen LogP contribution in [0, 0.1) is 12.8 Å². The van der Waals surface area contributed by atoms with E-state index in [4.69, 9.17) is 21.4 Å². The fourth-order valence-corrected chi connectivity index (χ4v) is 2.86. The summed E-state index contributed by atoms with van der Waals surface area (Å²) in [5.41, 5.74) is 1.30. The SMILES string of the molecule is Cc1nc(-c2ccc(OCC(C)C)c(Cl)c2)sc1C(=O)O. The van der Waals surface area contributed by atoms with Crippen molar-refractivity contribution >= 4 is 28.9 Å². The molecular weight excluding hydrogens is 310 g/mol. The molecule has 0 aliphatic rings. The maximum atomic E-state index is 11.1. The molecule has 1 aromatic heterocycles. The molecule has 112 valence electrons. The molecule has 1 heterocycles. The molecule has 0 fully saturated rings. The molecule has 1 N–H and O–H groups in total. The van der Waals surface area contributed by atoms with Gasteiger partial charge in [-0.2, -0.15) is 0 Å². The number of carbonyl (C=O) groups is 1. The third-order valence-electron chi connectivity index (χ3n) is 2.74. The lowest BCUT2D eigenvalue weighted by molar-refractivity contribution is 0.0701. The van der Waals surface area contributed by atoms with Crippen molar-refractivity contribution in [3.05, 3.63) is 33.8 Å². The molecule has 0 saturated carbocycles. The maximum absolute atomic E-state index is 11.1. The number of benzene rings is 1. The zero-order chi connectivity index (χ0) is 15.6. The molecule has 2 rings (SSSR count). The highest BCUT2D eigenvalue weighted by atomic mass is 35.5. The van der Waals surface area contributed by atoms with Gasteiger partial charge >= 0.3 is 5.97 Å². The standard InChI is InChI=1S/C15H16ClNO3S/c1-8(2)7-20-12-5-4-10(6-11(12)16)14-17-9(3)13(21-14)15(18)19/h4-6,8H,7H2,1-3H3,(H,18,19). The summed E-state index contributed by atoms with van der Waals surface area (Å²) in [5.74, 6) is 0.0839. The number of aryl methyl sites for hydroxylation is 1. The van der Waals surface area contributed by atoms with E-state index in [1.165, 1.54) is 0 Å². The van der Waals surface area contributed by atoms with Crippen LogP contribution in [0.2, 0.25) is 5.02 Å². The second-order valence-corrected chi connectivity index (χ2v) is 6.50. The first-order valence-corrected chi connectivity index (χ1v) is 7.71. The Bertz CT molecular complexity index is 667. The highest BCUT2D eigenvalue weighted by Gasteiger charge is 2.16. The van der Waals surface area contributed by atoms with Gasteiger partial charge in [-0.3, -0.25) is 0 Å². The normalized spacial score (nSPS) is 10.9. The highest BCUT2D eigenvalue weighted by Crippen LogP contribution is 2.33. The van der Waals surface area contributed by atoms with E-state index >= 15 is 0 Å². The van der Waals surface area contributed by atoms with Crippen LogP contribution in [0.1, 0.15) is 29.2 Å². The fraction of sp³-hybridized carbons (Fsp3) is 0.333. The van der Waals surface area contributed by atoms with E-state index in [0.29, 0.717) is 34.0 Å². The smallest absolute Gasteiger partial charge is 0.347 e. The fourth-order valence-electron chi connectivity index (χ4n) is 1.73. The minimum Gasteiger partial charge on any atom is -0.492 e. The molecule has 0 radical (unpaired) electrons. The first-order chi connectivity index (χ1) is 9.88. The summed E-state index contributed by atoms with van der Waals surface area (Å²) in [5, 5.41) is 10.2. The van der Waals surface area contributed by atoms with Crippen molar-refractivity contribution in [2.24, 2.45) is 5.92 Å². The van der Waals surface area contributed by atoms with Crippen molar-refractivity contribution < 1.29 is 14.6 Å². The van der Waals surface area contributed by atoms with Crippen LogP contribution < -0.4 is 4.74 Å². The molecule has 2 aromatic rings. The van der Waals surface area contributed by atoms with E-state index in [1.54, 1.807) is 19.1 Å². The number of aromatic nitrogens is 1. The van der Waals surface area contributed by atoms with Crippen molar-refractivity contribution in [3.8, 4) is 16.3 Å². The lowest BCUT2D eigenvalue weighted by Gasteiger charge is -2.10. The van der Waals surface area contributed by atoms with Gasteiger partial charge in [-0.05, 0) is 31.0 Å². The van der Waals surface area contributed by atoms with E-state index in [2.05, 4.69) is 18.8 Å². The Kier molecular flexibility index (Phi) is 4.85. The monoisotopic (exact) mass is 325 g/mol. The van der Waals surface area contributed by atoms with E-state index in [9.17, 15) is 4.79 Å². The van der Waals surface area contributed by atoms with Gasteiger partial charge in [0.25, 0.3) is 0 Å². The Hall–Kier alpha value is -1.59. The predicted molar refractivity (Wildman–Crippen MR) is 84.6 cm³/mol.